The molecule has 1 fully saturated rings. The highest BCUT2D eigenvalue weighted by Gasteiger charge is 2.30. The minimum Gasteiger partial charge on any atom is -0.444 e. The minimum atomic E-state index is -0.438. The van der Waals surface area contributed by atoms with Crippen molar-refractivity contribution in [1.82, 2.24) is 9.88 Å². The smallest absolute Gasteiger partial charge is 0.410 e. The fourth-order valence-electron chi connectivity index (χ4n) is 2.18. The number of rotatable bonds is 1. The van der Waals surface area contributed by atoms with Gasteiger partial charge in [0.25, 0.3) is 0 Å². The van der Waals surface area contributed by atoms with Gasteiger partial charge in [-0.1, -0.05) is 0 Å². The van der Waals surface area contributed by atoms with Gasteiger partial charge < -0.3 is 9.64 Å². The van der Waals surface area contributed by atoms with Crippen LogP contribution in [-0.2, 0) is 4.74 Å². The van der Waals surface area contributed by atoms with Crippen molar-refractivity contribution < 1.29 is 9.53 Å². The second-order valence-electron chi connectivity index (χ2n) is 5.85. The molecule has 0 spiro atoms. The molecule has 1 aromatic heterocycles. The summed E-state index contributed by atoms with van der Waals surface area (Å²) in [6.07, 6.45) is 4.37. The van der Waals surface area contributed by atoms with Crippen LogP contribution in [0.15, 0.2) is 22.9 Å². The zero-order valence-electron chi connectivity index (χ0n) is 11.5. The summed E-state index contributed by atoms with van der Waals surface area (Å²) >= 11 is 3.43. The van der Waals surface area contributed by atoms with Crippen LogP contribution in [0, 0.1) is 0 Å². The fraction of sp³-hybridized carbons (Fsp3) is 0.571. The second-order valence-corrected chi connectivity index (χ2v) is 6.76. The van der Waals surface area contributed by atoms with Gasteiger partial charge in [0.05, 0.1) is 0 Å². The Labute approximate surface area is 122 Å². The van der Waals surface area contributed by atoms with E-state index in [9.17, 15) is 4.79 Å². The Balaban J connectivity index is 1.98. The van der Waals surface area contributed by atoms with E-state index in [2.05, 4.69) is 27.0 Å². The van der Waals surface area contributed by atoms with Gasteiger partial charge in [0.1, 0.15) is 5.60 Å². The SMILES string of the molecule is CC(C)(C)OC(=O)N1CCC(c2cncc(Br)c2)C1. The van der Waals surface area contributed by atoms with Crippen molar-refractivity contribution in [1.29, 1.82) is 0 Å². The normalized spacial score (nSPS) is 19.6. The maximum atomic E-state index is 12.0. The molecule has 0 aliphatic carbocycles. The summed E-state index contributed by atoms with van der Waals surface area (Å²) in [5.74, 6) is 0.345. The van der Waals surface area contributed by atoms with Crippen LogP contribution in [0.25, 0.3) is 0 Å². The molecule has 0 saturated carbocycles. The lowest BCUT2D eigenvalue weighted by Gasteiger charge is -2.24. The molecule has 0 bridgehead atoms. The first-order valence-electron chi connectivity index (χ1n) is 6.43. The van der Waals surface area contributed by atoms with E-state index in [0.717, 1.165) is 17.4 Å². The lowest BCUT2D eigenvalue weighted by molar-refractivity contribution is 0.0292. The van der Waals surface area contributed by atoms with Crippen molar-refractivity contribution in [2.45, 2.75) is 38.7 Å². The molecule has 104 valence electrons. The summed E-state index contributed by atoms with van der Waals surface area (Å²) in [5.41, 5.74) is 0.729. The molecule has 1 aromatic rings. The average Bonchev–Trinajstić information content (AvgIpc) is 2.75. The number of pyridine rings is 1. The van der Waals surface area contributed by atoms with Gasteiger partial charge in [-0.05, 0) is 54.8 Å². The van der Waals surface area contributed by atoms with Crippen molar-refractivity contribution in [3.05, 3.63) is 28.5 Å². The van der Waals surface area contributed by atoms with Crippen molar-refractivity contribution >= 4 is 22.0 Å². The first-order valence-corrected chi connectivity index (χ1v) is 7.23. The number of halogens is 1. The molecular weight excluding hydrogens is 308 g/mol. The van der Waals surface area contributed by atoms with Crippen LogP contribution >= 0.6 is 15.9 Å². The number of aromatic nitrogens is 1. The van der Waals surface area contributed by atoms with Crippen LogP contribution in [0.1, 0.15) is 38.7 Å². The van der Waals surface area contributed by atoms with Crippen molar-refractivity contribution in [2.75, 3.05) is 13.1 Å². The van der Waals surface area contributed by atoms with Crippen molar-refractivity contribution in [3.63, 3.8) is 0 Å². The third kappa shape index (κ3) is 3.93. The summed E-state index contributed by atoms with van der Waals surface area (Å²) in [5, 5.41) is 0. The summed E-state index contributed by atoms with van der Waals surface area (Å²) in [7, 11) is 0. The first kappa shape index (κ1) is 14.3. The fourth-order valence-corrected chi connectivity index (χ4v) is 2.56. The molecule has 4 nitrogen and oxygen atoms in total. The lowest BCUT2D eigenvalue weighted by atomic mass is 10.0. The number of amides is 1. The van der Waals surface area contributed by atoms with Crippen molar-refractivity contribution in [3.8, 4) is 0 Å². The molecule has 0 radical (unpaired) electrons. The Morgan fingerprint density at radius 2 is 2.21 bits per heavy atom. The van der Waals surface area contributed by atoms with Gasteiger partial charge in [-0.3, -0.25) is 4.98 Å². The molecule has 1 amide bonds. The predicted octanol–water partition coefficient (Wildman–Crippen LogP) is 3.57. The van der Waals surface area contributed by atoms with E-state index in [0.29, 0.717) is 12.5 Å². The largest absolute Gasteiger partial charge is 0.444 e. The number of hydrogen-bond acceptors (Lipinski definition) is 3. The van der Waals surface area contributed by atoms with E-state index in [-0.39, 0.29) is 6.09 Å². The molecule has 1 saturated heterocycles. The maximum absolute atomic E-state index is 12.0. The third-order valence-corrected chi connectivity index (χ3v) is 3.47. The molecule has 2 rings (SSSR count). The number of likely N-dealkylation sites (tertiary alicyclic amines) is 1. The zero-order valence-corrected chi connectivity index (χ0v) is 13.1. The number of hydrogen-bond donors (Lipinski definition) is 0. The van der Waals surface area contributed by atoms with Gasteiger partial charge >= 0.3 is 6.09 Å². The predicted molar refractivity (Wildman–Crippen MR) is 77.1 cm³/mol. The van der Waals surface area contributed by atoms with E-state index in [1.165, 1.54) is 5.56 Å². The van der Waals surface area contributed by atoms with Crippen LogP contribution in [-0.4, -0.2) is 34.7 Å². The molecular formula is C14H19BrN2O2. The molecule has 1 unspecified atom stereocenters. The Morgan fingerprint density at radius 3 is 2.84 bits per heavy atom. The monoisotopic (exact) mass is 326 g/mol. The van der Waals surface area contributed by atoms with Gasteiger partial charge in [0.2, 0.25) is 0 Å². The molecule has 5 heteroatoms. The number of carbonyl (C=O) groups is 1. The van der Waals surface area contributed by atoms with E-state index < -0.39 is 5.60 Å². The average molecular weight is 327 g/mol. The standard InChI is InChI=1S/C14H19BrN2O2/c1-14(2,3)19-13(18)17-5-4-10(9-17)11-6-12(15)8-16-7-11/h6-8,10H,4-5,9H2,1-3H3. The molecule has 1 aliphatic heterocycles. The summed E-state index contributed by atoms with van der Waals surface area (Å²) in [4.78, 5) is 17.9. The Hall–Kier alpha value is -1.10. The topological polar surface area (TPSA) is 42.4 Å². The zero-order chi connectivity index (χ0) is 14.0. The molecule has 2 heterocycles. The highest BCUT2D eigenvalue weighted by Crippen LogP contribution is 2.29. The first-order chi connectivity index (χ1) is 8.85. The molecule has 1 atom stereocenters. The van der Waals surface area contributed by atoms with Crippen molar-refractivity contribution in [2.24, 2.45) is 0 Å². The Kier molecular flexibility index (Phi) is 4.13. The number of carbonyl (C=O) groups excluding carboxylic acids is 1. The van der Waals surface area contributed by atoms with E-state index in [1.54, 1.807) is 11.1 Å². The Morgan fingerprint density at radius 1 is 1.47 bits per heavy atom. The Bertz CT molecular complexity index is 471. The van der Waals surface area contributed by atoms with Crippen LogP contribution < -0.4 is 0 Å². The summed E-state index contributed by atoms with van der Waals surface area (Å²) in [6.45, 7) is 7.10. The third-order valence-electron chi connectivity index (χ3n) is 3.04. The quantitative estimate of drug-likeness (QED) is 0.792. The summed E-state index contributed by atoms with van der Waals surface area (Å²) < 4.78 is 6.36. The highest BCUT2D eigenvalue weighted by atomic mass is 79.9. The van der Waals surface area contributed by atoms with Gasteiger partial charge in [0, 0.05) is 35.9 Å². The van der Waals surface area contributed by atoms with E-state index >= 15 is 0 Å². The van der Waals surface area contributed by atoms with Gasteiger partial charge in [-0.25, -0.2) is 4.79 Å². The number of ether oxygens (including phenoxy) is 1. The second kappa shape index (κ2) is 5.49. The molecule has 1 aliphatic rings. The van der Waals surface area contributed by atoms with Crippen LogP contribution in [0.5, 0.6) is 0 Å². The highest BCUT2D eigenvalue weighted by molar-refractivity contribution is 9.10. The molecule has 19 heavy (non-hydrogen) atoms. The van der Waals surface area contributed by atoms with Crippen LogP contribution in [0.3, 0.4) is 0 Å². The molecule has 0 N–H and O–H groups in total. The van der Waals surface area contributed by atoms with Crippen LogP contribution in [0.4, 0.5) is 4.79 Å². The maximum Gasteiger partial charge on any atom is 0.410 e. The van der Waals surface area contributed by atoms with E-state index in [4.69, 9.17) is 4.74 Å². The van der Waals surface area contributed by atoms with Gasteiger partial charge in [0.15, 0.2) is 0 Å². The van der Waals surface area contributed by atoms with E-state index in [1.807, 2.05) is 27.0 Å². The van der Waals surface area contributed by atoms with Crippen LogP contribution in [0.2, 0.25) is 0 Å². The lowest BCUT2D eigenvalue weighted by Crippen LogP contribution is -2.35. The minimum absolute atomic E-state index is 0.224. The molecule has 0 aromatic carbocycles. The van der Waals surface area contributed by atoms with Gasteiger partial charge in [-0.2, -0.15) is 0 Å². The summed E-state index contributed by atoms with van der Waals surface area (Å²) in [6, 6.07) is 2.07. The van der Waals surface area contributed by atoms with Gasteiger partial charge in [-0.15, -0.1) is 0 Å². The number of nitrogens with zero attached hydrogens (tertiary/aromatic N) is 2.